The van der Waals surface area contributed by atoms with Crippen molar-refractivity contribution in [2.75, 3.05) is 19.3 Å². The molecule has 0 bridgehead atoms. The van der Waals surface area contributed by atoms with Crippen LogP contribution in [0.15, 0.2) is 18.2 Å². The SMILES string of the molecule is Cc1cc(O)ccc1CN1CCCC(S(C)(=O)=O)C1. The lowest BCUT2D eigenvalue weighted by Crippen LogP contribution is -2.41. The Morgan fingerprint density at radius 2 is 2.16 bits per heavy atom. The van der Waals surface area contributed by atoms with E-state index in [0.29, 0.717) is 6.54 Å². The first-order chi connectivity index (χ1) is 8.86. The molecular weight excluding hydrogens is 262 g/mol. The number of likely N-dealkylation sites (tertiary alicyclic amines) is 1. The highest BCUT2D eigenvalue weighted by Gasteiger charge is 2.27. The van der Waals surface area contributed by atoms with Gasteiger partial charge in [-0.1, -0.05) is 6.07 Å². The fourth-order valence-electron chi connectivity index (χ4n) is 2.60. The molecule has 19 heavy (non-hydrogen) atoms. The molecule has 0 aliphatic carbocycles. The van der Waals surface area contributed by atoms with Gasteiger partial charge in [-0.05, 0) is 49.6 Å². The molecule has 1 aliphatic heterocycles. The Bertz CT molecular complexity index is 554. The van der Waals surface area contributed by atoms with Gasteiger partial charge in [0.1, 0.15) is 5.75 Å². The van der Waals surface area contributed by atoms with Gasteiger partial charge in [-0.2, -0.15) is 0 Å². The summed E-state index contributed by atoms with van der Waals surface area (Å²) in [7, 11) is -2.95. The van der Waals surface area contributed by atoms with Crippen molar-refractivity contribution in [2.24, 2.45) is 0 Å². The van der Waals surface area contributed by atoms with Gasteiger partial charge in [-0.3, -0.25) is 4.90 Å². The fraction of sp³-hybridized carbons (Fsp3) is 0.571. The van der Waals surface area contributed by atoms with E-state index in [9.17, 15) is 13.5 Å². The van der Waals surface area contributed by atoms with E-state index >= 15 is 0 Å². The molecule has 1 aromatic rings. The van der Waals surface area contributed by atoms with Gasteiger partial charge in [0.2, 0.25) is 0 Å². The maximum absolute atomic E-state index is 11.6. The third-order valence-electron chi connectivity index (χ3n) is 3.79. The Labute approximate surface area is 115 Å². The van der Waals surface area contributed by atoms with Crippen LogP contribution in [-0.4, -0.2) is 43.0 Å². The van der Waals surface area contributed by atoms with E-state index in [2.05, 4.69) is 4.90 Å². The van der Waals surface area contributed by atoms with Gasteiger partial charge in [0.25, 0.3) is 0 Å². The highest BCUT2D eigenvalue weighted by atomic mass is 32.2. The Kier molecular flexibility index (Phi) is 4.16. The number of rotatable bonds is 3. The number of benzene rings is 1. The average Bonchev–Trinajstić information content (AvgIpc) is 2.32. The molecule has 0 amide bonds. The minimum atomic E-state index is -2.95. The molecule has 0 radical (unpaired) electrons. The highest BCUT2D eigenvalue weighted by molar-refractivity contribution is 7.91. The predicted molar refractivity (Wildman–Crippen MR) is 76.0 cm³/mol. The van der Waals surface area contributed by atoms with Crippen LogP contribution in [-0.2, 0) is 16.4 Å². The minimum absolute atomic E-state index is 0.237. The first-order valence-electron chi connectivity index (χ1n) is 6.56. The summed E-state index contributed by atoms with van der Waals surface area (Å²) in [6.07, 6.45) is 3.02. The quantitative estimate of drug-likeness (QED) is 0.917. The van der Waals surface area contributed by atoms with Gasteiger partial charge >= 0.3 is 0 Å². The van der Waals surface area contributed by atoms with Crippen LogP contribution in [0, 0.1) is 6.92 Å². The highest BCUT2D eigenvalue weighted by Crippen LogP contribution is 2.21. The Balaban J connectivity index is 2.07. The molecule has 1 atom stereocenters. The molecule has 106 valence electrons. The smallest absolute Gasteiger partial charge is 0.151 e. The topological polar surface area (TPSA) is 57.6 Å². The van der Waals surface area contributed by atoms with Gasteiger partial charge in [0.15, 0.2) is 9.84 Å². The number of sulfone groups is 1. The molecule has 1 aromatic carbocycles. The summed E-state index contributed by atoms with van der Waals surface area (Å²) in [6, 6.07) is 5.34. The average molecular weight is 283 g/mol. The lowest BCUT2D eigenvalue weighted by atomic mass is 10.1. The van der Waals surface area contributed by atoms with Gasteiger partial charge in [-0.15, -0.1) is 0 Å². The first kappa shape index (κ1) is 14.3. The number of piperidine rings is 1. The zero-order chi connectivity index (χ0) is 14.0. The van der Waals surface area contributed by atoms with E-state index in [1.54, 1.807) is 12.1 Å². The van der Waals surface area contributed by atoms with E-state index in [1.165, 1.54) is 6.26 Å². The summed E-state index contributed by atoms with van der Waals surface area (Å²) >= 11 is 0. The van der Waals surface area contributed by atoms with Crippen molar-refractivity contribution < 1.29 is 13.5 Å². The summed E-state index contributed by atoms with van der Waals surface area (Å²) < 4.78 is 23.3. The van der Waals surface area contributed by atoms with Crippen LogP contribution in [0.5, 0.6) is 5.75 Å². The number of hydrogen-bond acceptors (Lipinski definition) is 4. The molecule has 5 heteroatoms. The summed E-state index contributed by atoms with van der Waals surface area (Å²) in [5, 5.41) is 9.16. The fourth-order valence-corrected chi connectivity index (χ4v) is 3.68. The molecule has 2 rings (SSSR count). The molecule has 1 N–H and O–H groups in total. The molecule has 1 fully saturated rings. The van der Waals surface area contributed by atoms with E-state index in [0.717, 1.165) is 37.1 Å². The predicted octanol–water partition coefficient (Wildman–Crippen LogP) is 1.71. The molecule has 4 nitrogen and oxygen atoms in total. The molecule has 1 saturated heterocycles. The zero-order valence-electron chi connectivity index (χ0n) is 11.5. The molecule has 1 aliphatic rings. The zero-order valence-corrected chi connectivity index (χ0v) is 12.3. The minimum Gasteiger partial charge on any atom is -0.508 e. The number of aromatic hydroxyl groups is 1. The molecule has 0 aromatic heterocycles. The Morgan fingerprint density at radius 3 is 2.79 bits per heavy atom. The second-order valence-corrected chi connectivity index (χ2v) is 7.77. The monoisotopic (exact) mass is 283 g/mol. The van der Waals surface area contributed by atoms with Gasteiger partial charge < -0.3 is 5.11 Å². The molecule has 0 spiro atoms. The van der Waals surface area contributed by atoms with Crippen LogP contribution in [0.1, 0.15) is 24.0 Å². The second kappa shape index (κ2) is 5.51. The number of phenolic OH excluding ortho intramolecular Hbond substituents is 1. The van der Waals surface area contributed by atoms with Gasteiger partial charge in [0, 0.05) is 19.3 Å². The third-order valence-corrected chi connectivity index (χ3v) is 5.38. The molecule has 1 unspecified atom stereocenters. The largest absolute Gasteiger partial charge is 0.508 e. The van der Waals surface area contributed by atoms with E-state index in [1.807, 2.05) is 13.0 Å². The van der Waals surface area contributed by atoms with Crippen molar-refractivity contribution in [3.8, 4) is 5.75 Å². The lowest BCUT2D eigenvalue weighted by Gasteiger charge is -2.32. The molecule has 0 saturated carbocycles. The maximum Gasteiger partial charge on any atom is 0.151 e. The number of aryl methyl sites for hydroxylation is 1. The van der Waals surface area contributed by atoms with Crippen LogP contribution in [0.3, 0.4) is 0 Å². The van der Waals surface area contributed by atoms with Crippen LogP contribution >= 0.6 is 0 Å². The lowest BCUT2D eigenvalue weighted by molar-refractivity contribution is 0.222. The standard InChI is InChI=1S/C14H21NO3S/c1-11-8-13(16)6-5-12(11)9-15-7-3-4-14(10-15)19(2,17)18/h5-6,8,14,16H,3-4,7,9-10H2,1-2H3. The van der Waals surface area contributed by atoms with Crippen molar-refractivity contribution in [3.05, 3.63) is 29.3 Å². The van der Waals surface area contributed by atoms with Crippen molar-refractivity contribution in [2.45, 2.75) is 31.6 Å². The van der Waals surface area contributed by atoms with E-state index < -0.39 is 9.84 Å². The summed E-state index contributed by atoms with van der Waals surface area (Å²) in [6.45, 7) is 4.26. The van der Waals surface area contributed by atoms with Gasteiger partial charge in [0.05, 0.1) is 5.25 Å². The normalized spacial score (nSPS) is 21.5. The van der Waals surface area contributed by atoms with Crippen LogP contribution in [0.2, 0.25) is 0 Å². The van der Waals surface area contributed by atoms with Crippen molar-refractivity contribution in [1.82, 2.24) is 4.90 Å². The van der Waals surface area contributed by atoms with Crippen molar-refractivity contribution >= 4 is 9.84 Å². The van der Waals surface area contributed by atoms with Crippen LogP contribution in [0.25, 0.3) is 0 Å². The summed E-state index contributed by atoms with van der Waals surface area (Å²) in [5.74, 6) is 0.272. The van der Waals surface area contributed by atoms with Crippen LogP contribution < -0.4 is 0 Å². The van der Waals surface area contributed by atoms with Gasteiger partial charge in [-0.25, -0.2) is 8.42 Å². The number of nitrogens with zero attached hydrogens (tertiary/aromatic N) is 1. The molecule has 1 heterocycles. The number of phenols is 1. The Morgan fingerprint density at radius 1 is 1.42 bits per heavy atom. The number of hydrogen-bond donors (Lipinski definition) is 1. The summed E-state index contributed by atoms with van der Waals surface area (Å²) in [5.41, 5.74) is 2.19. The maximum atomic E-state index is 11.6. The first-order valence-corrected chi connectivity index (χ1v) is 8.51. The summed E-state index contributed by atoms with van der Waals surface area (Å²) in [4.78, 5) is 2.19. The second-order valence-electron chi connectivity index (χ2n) is 5.44. The van der Waals surface area contributed by atoms with E-state index in [4.69, 9.17) is 0 Å². The van der Waals surface area contributed by atoms with Crippen molar-refractivity contribution in [1.29, 1.82) is 0 Å². The van der Waals surface area contributed by atoms with Crippen LogP contribution in [0.4, 0.5) is 0 Å². The van der Waals surface area contributed by atoms with E-state index in [-0.39, 0.29) is 11.0 Å². The molecular formula is C14H21NO3S. The third kappa shape index (κ3) is 3.70. The van der Waals surface area contributed by atoms with Crippen molar-refractivity contribution in [3.63, 3.8) is 0 Å². The Hall–Kier alpha value is -1.07.